The Morgan fingerprint density at radius 3 is 2.61 bits per heavy atom. The molecule has 1 N–H and O–H groups in total. The first kappa shape index (κ1) is 15.2. The summed E-state index contributed by atoms with van der Waals surface area (Å²) in [6, 6.07) is 16.3. The van der Waals surface area contributed by atoms with Gasteiger partial charge in [-0.3, -0.25) is 4.79 Å². The Balaban J connectivity index is 1.58. The molecule has 0 radical (unpaired) electrons. The Hall–Kier alpha value is -2.66. The summed E-state index contributed by atoms with van der Waals surface area (Å²) in [6.45, 7) is 0.415. The molecule has 0 saturated heterocycles. The molecule has 1 heterocycles. The van der Waals surface area contributed by atoms with Crippen LogP contribution in [0, 0.1) is 0 Å². The second-order valence-electron chi connectivity index (χ2n) is 4.86. The highest BCUT2D eigenvalue weighted by molar-refractivity contribution is 6.33. The van der Waals surface area contributed by atoms with Crippen LogP contribution in [0.4, 0.5) is 0 Å². The fourth-order valence-corrected chi connectivity index (χ4v) is 2.30. The number of aromatic nitrogens is 2. The molecule has 3 aromatic rings. The molecule has 0 unspecified atom stereocenters. The van der Waals surface area contributed by atoms with E-state index in [1.54, 1.807) is 18.2 Å². The van der Waals surface area contributed by atoms with Crippen molar-refractivity contribution in [1.82, 2.24) is 15.5 Å². The number of hydrogen-bond donors (Lipinski definition) is 1. The van der Waals surface area contributed by atoms with Crippen LogP contribution >= 0.6 is 11.6 Å². The molecule has 23 heavy (non-hydrogen) atoms. The molecule has 3 rings (SSSR count). The molecule has 2 aromatic carbocycles. The largest absolute Gasteiger partial charge is 0.352 e. The summed E-state index contributed by atoms with van der Waals surface area (Å²) in [6.07, 6.45) is 0.454. The molecule has 0 bridgehead atoms. The van der Waals surface area contributed by atoms with Gasteiger partial charge >= 0.3 is 0 Å². The quantitative estimate of drug-likeness (QED) is 0.780. The second kappa shape index (κ2) is 7.07. The molecule has 5 nitrogen and oxygen atoms in total. The van der Waals surface area contributed by atoms with Crippen LogP contribution in [0.25, 0.3) is 11.4 Å². The minimum absolute atomic E-state index is 0.128. The van der Waals surface area contributed by atoms with Gasteiger partial charge in [0, 0.05) is 24.1 Å². The third kappa shape index (κ3) is 3.76. The van der Waals surface area contributed by atoms with Crippen molar-refractivity contribution in [2.75, 3.05) is 6.54 Å². The van der Waals surface area contributed by atoms with Crippen LogP contribution in [0.15, 0.2) is 59.1 Å². The first-order valence-electron chi connectivity index (χ1n) is 7.15. The van der Waals surface area contributed by atoms with Crippen molar-refractivity contribution in [3.8, 4) is 11.4 Å². The van der Waals surface area contributed by atoms with E-state index in [1.807, 2.05) is 36.4 Å². The molecule has 0 aliphatic carbocycles. The van der Waals surface area contributed by atoms with Crippen LogP contribution < -0.4 is 5.32 Å². The number of amides is 1. The summed E-state index contributed by atoms with van der Waals surface area (Å²) in [5.74, 6) is 0.768. The van der Waals surface area contributed by atoms with Gasteiger partial charge in [-0.1, -0.05) is 47.1 Å². The van der Waals surface area contributed by atoms with E-state index < -0.39 is 0 Å². The molecule has 116 valence electrons. The van der Waals surface area contributed by atoms with E-state index in [4.69, 9.17) is 16.1 Å². The van der Waals surface area contributed by atoms with Gasteiger partial charge in [0.05, 0.1) is 5.02 Å². The minimum Gasteiger partial charge on any atom is -0.352 e. The lowest BCUT2D eigenvalue weighted by molar-refractivity contribution is 0.0953. The smallest absolute Gasteiger partial charge is 0.251 e. The van der Waals surface area contributed by atoms with Gasteiger partial charge in [0.1, 0.15) is 0 Å². The highest BCUT2D eigenvalue weighted by Crippen LogP contribution is 2.24. The molecule has 0 aliphatic rings. The number of carbonyl (C=O) groups is 1. The SMILES string of the molecule is O=C(NCCc1nc(-c2ccccc2Cl)no1)c1ccccc1. The summed E-state index contributed by atoms with van der Waals surface area (Å²) in [5, 5.41) is 7.30. The fourth-order valence-electron chi connectivity index (χ4n) is 2.08. The van der Waals surface area contributed by atoms with Gasteiger partial charge in [-0.2, -0.15) is 4.98 Å². The lowest BCUT2D eigenvalue weighted by Crippen LogP contribution is -2.25. The van der Waals surface area contributed by atoms with Gasteiger partial charge in [0.2, 0.25) is 11.7 Å². The third-order valence-electron chi connectivity index (χ3n) is 3.24. The van der Waals surface area contributed by atoms with Gasteiger partial charge in [0.25, 0.3) is 5.91 Å². The number of hydrogen-bond acceptors (Lipinski definition) is 4. The predicted octanol–water partition coefficient (Wildman–Crippen LogP) is 3.36. The van der Waals surface area contributed by atoms with E-state index >= 15 is 0 Å². The second-order valence-corrected chi connectivity index (χ2v) is 5.27. The standard InChI is InChI=1S/C17H14ClN3O2/c18-14-9-5-4-8-13(14)16-20-15(23-21-16)10-11-19-17(22)12-6-2-1-3-7-12/h1-9H,10-11H2,(H,19,22). The van der Waals surface area contributed by atoms with Crippen LogP contribution in [-0.2, 0) is 6.42 Å². The number of nitrogens with zero attached hydrogens (tertiary/aromatic N) is 2. The van der Waals surface area contributed by atoms with E-state index in [0.29, 0.717) is 35.3 Å². The van der Waals surface area contributed by atoms with Crippen molar-refractivity contribution in [3.63, 3.8) is 0 Å². The molecule has 6 heteroatoms. The molecule has 0 aliphatic heterocycles. The van der Waals surface area contributed by atoms with Crippen molar-refractivity contribution < 1.29 is 9.32 Å². The minimum atomic E-state index is -0.128. The topological polar surface area (TPSA) is 68.0 Å². The molecule has 0 atom stereocenters. The lowest BCUT2D eigenvalue weighted by atomic mass is 10.2. The maximum absolute atomic E-state index is 11.9. The van der Waals surface area contributed by atoms with Gasteiger partial charge in [-0.05, 0) is 24.3 Å². The van der Waals surface area contributed by atoms with Gasteiger partial charge in [-0.15, -0.1) is 0 Å². The zero-order chi connectivity index (χ0) is 16.1. The van der Waals surface area contributed by atoms with E-state index in [1.165, 1.54) is 0 Å². The summed E-state index contributed by atoms with van der Waals surface area (Å²) in [4.78, 5) is 16.2. The van der Waals surface area contributed by atoms with Crippen molar-refractivity contribution in [1.29, 1.82) is 0 Å². The number of halogens is 1. The fraction of sp³-hybridized carbons (Fsp3) is 0.118. The average molecular weight is 328 g/mol. The molecule has 0 fully saturated rings. The van der Waals surface area contributed by atoms with E-state index in [0.717, 1.165) is 5.56 Å². The maximum atomic E-state index is 11.9. The van der Waals surface area contributed by atoms with E-state index in [9.17, 15) is 4.79 Å². The Kier molecular flexibility index (Phi) is 4.68. The summed E-state index contributed by atoms with van der Waals surface area (Å²) < 4.78 is 5.19. The highest BCUT2D eigenvalue weighted by Gasteiger charge is 2.11. The van der Waals surface area contributed by atoms with Crippen molar-refractivity contribution in [3.05, 3.63) is 71.1 Å². The van der Waals surface area contributed by atoms with Crippen LogP contribution in [0.2, 0.25) is 5.02 Å². The maximum Gasteiger partial charge on any atom is 0.251 e. The molecule has 1 amide bonds. The van der Waals surface area contributed by atoms with Crippen molar-refractivity contribution >= 4 is 17.5 Å². The van der Waals surface area contributed by atoms with Crippen LogP contribution in [-0.4, -0.2) is 22.6 Å². The summed E-state index contributed by atoms with van der Waals surface area (Å²) in [5.41, 5.74) is 1.34. The number of carbonyl (C=O) groups excluding carboxylic acids is 1. The zero-order valence-electron chi connectivity index (χ0n) is 12.2. The first-order chi connectivity index (χ1) is 11.2. The Morgan fingerprint density at radius 1 is 1.09 bits per heavy atom. The summed E-state index contributed by atoms with van der Waals surface area (Å²) in [7, 11) is 0. The Bertz CT molecular complexity index is 802. The first-order valence-corrected chi connectivity index (χ1v) is 7.52. The number of benzene rings is 2. The normalized spacial score (nSPS) is 10.5. The zero-order valence-corrected chi connectivity index (χ0v) is 13.0. The predicted molar refractivity (Wildman–Crippen MR) is 87.2 cm³/mol. The van der Waals surface area contributed by atoms with Crippen molar-refractivity contribution in [2.24, 2.45) is 0 Å². The van der Waals surface area contributed by atoms with Gasteiger partial charge in [-0.25, -0.2) is 0 Å². The molecule has 1 aromatic heterocycles. The Labute approximate surface area is 138 Å². The van der Waals surface area contributed by atoms with Crippen LogP contribution in [0.3, 0.4) is 0 Å². The van der Waals surface area contributed by atoms with Crippen LogP contribution in [0.1, 0.15) is 16.2 Å². The molecular weight excluding hydrogens is 314 g/mol. The van der Waals surface area contributed by atoms with E-state index in [2.05, 4.69) is 15.5 Å². The highest BCUT2D eigenvalue weighted by atomic mass is 35.5. The third-order valence-corrected chi connectivity index (χ3v) is 3.57. The average Bonchev–Trinajstić information content (AvgIpc) is 3.04. The van der Waals surface area contributed by atoms with Gasteiger partial charge < -0.3 is 9.84 Å². The summed E-state index contributed by atoms with van der Waals surface area (Å²) >= 11 is 6.10. The molecule has 0 saturated carbocycles. The number of nitrogens with one attached hydrogen (secondary N) is 1. The molecular formula is C17H14ClN3O2. The van der Waals surface area contributed by atoms with E-state index in [-0.39, 0.29) is 5.91 Å². The van der Waals surface area contributed by atoms with Crippen LogP contribution in [0.5, 0.6) is 0 Å². The Morgan fingerprint density at radius 2 is 1.83 bits per heavy atom. The lowest BCUT2D eigenvalue weighted by Gasteiger charge is -2.02. The monoisotopic (exact) mass is 327 g/mol. The number of rotatable bonds is 5. The van der Waals surface area contributed by atoms with Gasteiger partial charge in [0.15, 0.2) is 0 Å². The molecule has 0 spiro atoms. The van der Waals surface area contributed by atoms with Crippen molar-refractivity contribution in [2.45, 2.75) is 6.42 Å².